The Labute approximate surface area is 170 Å². The number of fused-ring (bicyclic) bond motifs is 1. The fourth-order valence-corrected chi connectivity index (χ4v) is 5.63. The molecule has 144 valence electrons. The lowest BCUT2D eigenvalue weighted by atomic mass is 9.71. The molecule has 4 atom stereocenters. The molecule has 0 aromatic heterocycles. The van der Waals surface area contributed by atoms with Gasteiger partial charge in [-0.15, -0.1) is 0 Å². The molecular formula is C26H22O3. The van der Waals surface area contributed by atoms with E-state index in [4.69, 9.17) is 4.74 Å². The highest BCUT2D eigenvalue weighted by Crippen LogP contribution is 2.76. The second-order valence-corrected chi connectivity index (χ2v) is 8.08. The van der Waals surface area contributed by atoms with Gasteiger partial charge in [-0.25, -0.2) is 0 Å². The summed E-state index contributed by atoms with van der Waals surface area (Å²) in [5.41, 5.74) is 1.37. The number of ether oxygens (including phenoxy) is 1. The van der Waals surface area contributed by atoms with Gasteiger partial charge < -0.3 is 4.74 Å². The van der Waals surface area contributed by atoms with Crippen molar-refractivity contribution < 1.29 is 14.3 Å². The molecule has 3 nitrogen and oxygen atoms in total. The number of ketones is 1. The zero-order valence-corrected chi connectivity index (χ0v) is 16.2. The maximum atomic E-state index is 13.9. The topological polar surface area (TPSA) is 43.4 Å². The van der Waals surface area contributed by atoms with E-state index in [2.05, 4.69) is 24.3 Å². The molecule has 0 saturated heterocycles. The fraction of sp³-hybridized carbons (Fsp3) is 0.231. The average molecular weight is 382 g/mol. The molecule has 0 amide bonds. The Morgan fingerprint density at radius 1 is 0.793 bits per heavy atom. The smallest absolute Gasteiger partial charge is 0.323 e. The van der Waals surface area contributed by atoms with Crippen LogP contribution in [0.4, 0.5) is 0 Å². The first-order valence-electron chi connectivity index (χ1n) is 9.95. The molecule has 0 radical (unpaired) electrons. The van der Waals surface area contributed by atoms with E-state index in [-0.39, 0.29) is 23.0 Å². The fourth-order valence-electron chi connectivity index (χ4n) is 5.63. The standard InChI is InChI=1S/C26H22O3/c1-29-24(28)26(20-15-9-4-10-16-20)17-25(19-13-7-3-8-14-19)21(22(25)23(26)27)18-11-5-2-6-12-18/h2-16,21-22H,17H2,1H3/t21-,22-,25+,26+/m0/s1. The lowest BCUT2D eigenvalue weighted by molar-refractivity contribution is -0.151. The number of hydrogen-bond donors (Lipinski definition) is 0. The maximum absolute atomic E-state index is 13.9. The highest BCUT2D eigenvalue weighted by Gasteiger charge is 2.80. The molecule has 2 aliphatic carbocycles. The van der Waals surface area contributed by atoms with Crippen LogP contribution in [-0.4, -0.2) is 18.9 Å². The Morgan fingerprint density at radius 2 is 1.31 bits per heavy atom. The normalized spacial score (nSPS) is 29.9. The molecule has 2 fully saturated rings. The summed E-state index contributed by atoms with van der Waals surface area (Å²) in [6, 6.07) is 29.7. The van der Waals surface area contributed by atoms with Crippen LogP contribution in [0.1, 0.15) is 29.0 Å². The van der Waals surface area contributed by atoms with Gasteiger partial charge in [0.2, 0.25) is 0 Å². The predicted molar refractivity (Wildman–Crippen MR) is 111 cm³/mol. The summed E-state index contributed by atoms with van der Waals surface area (Å²) in [7, 11) is 1.37. The van der Waals surface area contributed by atoms with E-state index in [0.29, 0.717) is 6.42 Å². The molecule has 5 rings (SSSR count). The second-order valence-electron chi connectivity index (χ2n) is 8.08. The number of carbonyl (C=O) groups excluding carboxylic acids is 2. The molecule has 2 aliphatic rings. The molecular weight excluding hydrogens is 360 g/mol. The van der Waals surface area contributed by atoms with Gasteiger partial charge in [-0.2, -0.15) is 0 Å². The van der Waals surface area contributed by atoms with Crippen LogP contribution in [0.25, 0.3) is 0 Å². The van der Waals surface area contributed by atoms with Gasteiger partial charge >= 0.3 is 5.97 Å². The van der Waals surface area contributed by atoms with E-state index in [9.17, 15) is 9.59 Å². The maximum Gasteiger partial charge on any atom is 0.323 e. The van der Waals surface area contributed by atoms with E-state index < -0.39 is 11.4 Å². The number of rotatable bonds is 4. The van der Waals surface area contributed by atoms with E-state index in [1.807, 2.05) is 66.7 Å². The van der Waals surface area contributed by atoms with Gasteiger partial charge in [0, 0.05) is 17.3 Å². The largest absolute Gasteiger partial charge is 0.468 e. The monoisotopic (exact) mass is 382 g/mol. The van der Waals surface area contributed by atoms with E-state index in [0.717, 1.165) is 16.7 Å². The summed E-state index contributed by atoms with van der Waals surface area (Å²) in [4.78, 5) is 27.0. The number of esters is 1. The van der Waals surface area contributed by atoms with Gasteiger partial charge in [0.15, 0.2) is 11.2 Å². The third-order valence-electron chi connectivity index (χ3n) is 6.87. The summed E-state index contributed by atoms with van der Waals surface area (Å²) < 4.78 is 5.19. The van der Waals surface area contributed by atoms with Crippen LogP contribution >= 0.6 is 0 Å². The minimum Gasteiger partial charge on any atom is -0.468 e. The Kier molecular flexibility index (Phi) is 3.95. The van der Waals surface area contributed by atoms with Crippen molar-refractivity contribution in [3.63, 3.8) is 0 Å². The van der Waals surface area contributed by atoms with Crippen molar-refractivity contribution >= 4 is 11.8 Å². The average Bonchev–Trinajstić information content (AvgIpc) is 3.39. The Hall–Kier alpha value is -3.20. The third-order valence-corrected chi connectivity index (χ3v) is 6.87. The molecule has 2 saturated carbocycles. The summed E-state index contributed by atoms with van der Waals surface area (Å²) in [5, 5.41) is 0. The number of methoxy groups -OCH3 is 1. The molecule has 0 unspecified atom stereocenters. The SMILES string of the molecule is COC(=O)[C@@]1(c2ccccc2)C[C@]2(c3ccccc3)[C@H](C1=O)[C@@H]2c1ccccc1. The number of hydrogen-bond acceptors (Lipinski definition) is 3. The van der Waals surface area contributed by atoms with Crippen LogP contribution in [0.2, 0.25) is 0 Å². The second kappa shape index (κ2) is 6.41. The molecule has 3 heteroatoms. The Morgan fingerprint density at radius 3 is 1.86 bits per heavy atom. The first kappa shape index (κ1) is 17.9. The summed E-state index contributed by atoms with van der Waals surface area (Å²) in [6.45, 7) is 0. The lowest BCUT2D eigenvalue weighted by Gasteiger charge is -2.30. The minimum atomic E-state index is -1.25. The van der Waals surface area contributed by atoms with Crippen molar-refractivity contribution in [1.29, 1.82) is 0 Å². The number of carbonyl (C=O) groups is 2. The van der Waals surface area contributed by atoms with E-state index >= 15 is 0 Å². The highest BCUT2D eigenvalue weighted by atomic mass is 16.5. The van der Waals surface area contributed by atoms with Crippen molar-refractivity contribution in [2.24, 2.45) is 5.92 Å². The number of Topliss-reactive ketones (excluding diaryl/α,β-unsaturated/α-hetero) is 1. The molecule has 0 heterocycles. The first-order chi connectivity index (χ1) is 14.2. The van der Waals surface area contributed by atoms with Crippen molar-refractivity contribution in [1.82, 2.24) is 0 Å². The molecule has 0 spiro atoms. The van der Waals surface area contributed by atoms with Gasteiger partial charge in [-0.05, 0) is 23.1 Å². The molecule has 0 bridgehead atoms. The van der Waals surface area contributed by atoms with Gasteiger partial charge in [-0.1, -0.05) is 91.0 Å². The molecule has 0 N–H and O–H groups in total. The van der Waals surface area contributed by atoms with Gasteiger partial charge in [-0.3, -0.25) is 9.59 Å². The summed E-state index contributed by atoms with van der Waals surface area (Å²) in [5.74, 6) is -0.622. The van der Waals surface area contributed by atoms with Gasteiger partial charge in [0.1, 0.15) is 0 Å². The zero-order valence-electron chi connectivity index (χ0n) is 16.2. The Balaban J connectivity index is 1.70. The van der Waals surface area contributed by atoms with Crippen molar-refractivity contribution in [3.8, 4) is 0 Å². The van der Waals surface area contributed by atoms with Crippen molar-refractivity contribution in [2.45, 2.75) is 23.2 Å². The van der Waals surface area contributed by atoms with Crippen LogP contribution in [-0.2, 0) is 25.2 Å². The molecule has 0 aliphatic heterocycles. The summed E-state index contributed by atoms with van der Waals surface area (Å²) >= 11 is 0. The van der Waals surface area contributed by atoms with Crippen LogP contribution in [0, 0.1) is 5.92 Å². The van der Waals surface area contributed by atoms with E-state index in [1.165, 1.54) is 7.11 Å². The minimum absolute atomic E-state index is 0.0201. The molecule has 3 aromatic rings. The zero-order chi connectivity index (χ0) is 20.1. The third kappa shape index (κ3) is 2.30. The molecule has 3 aromatic carbocycles. The van der Waals surface area contributed by atoms with Crippen LogP contribution in [0.3, 0.4) is 0 Å². The summed E-state index contributed by atoms with van der Waals surface area (Å²) in [6.07, 6.45) is 0.434. The van der Waals surface area contributed by atoms with E-state index in [1.54, 1.807) is 0 Å². The highest BCUT2D eigenvalue weighted by molar-refractivity contribution is 6.16. The van der Waals surface area contributed by atoms with Crippen molar-refractivity contribution in [2.75, 3.05) is 7.11 Å². The van der Waals surface area contributed by atoms with Gasteiger partial charge in [0.05, 0.1) is 7.11 Å². The Bertz CT molecular complexity index is 1060. The molecule has 29 heavy (non-hydrogen) atoms. The lowest BCUT2D eigenvalue weighted by Crippen LogP contribution is -2.44. The van der Waals surface area contributed by atoms with Crippen LogP contribution in [0.5, 0.6) is 0 Å². The van der Waals surface area contributed by atoms with Gasteiger partial charge in [0.25, 0.3) is 0 Å². The number of benzene rings is 3. The van der Waals surface area contributed by atoms with Crippen molar-refractivity contribution in [3.05, 3.63) is 108 Å². The van der Waals surface area contributed by atoms with Crippen LogP contribution in [0.15, 0.2) is 91.0 Å². The quantitative estimate of drug-likeness (QED) is 0.495. The first-order valence-corrected chi connectivity index (χ1v) is 9.95. The van der Waals surface area contributed by atoms with Crippen LogP contribution < -0.4 is 0 Å². The predicted octanol–water partition coefficient (Wildman–Crippen LogP) is 4.42.